The molecule has 0 bridgehead atoms. The van der Waals surface area contributed by atoms with Crippen LogP contribution < -0.4 is 9.46 Å². The van der Waals surface area contributed by atoms with Crippen LogP contribution in [-0.4, -0.2) is 25.5 Å². The first kappa shape index (κ1) is 16.2. The average Bonchev–Trinajstić information content (AvgIpc) is 2.57. The van der Waals surface area contributed by atoms with E-state index in [1.165, 1.54) is 7.11 Å². The summed E-state index contributed by atoms with van der Waals surface area (Å²) in [4.78, 5) is 8.43. The van der Waals surface area contributed by atoms with Gasteiger partial charge in [0.05, 0.1) is 29.1 Å². The molecule has 1 N–H and O–H groups in total. The topological polar surface area (TPSA) is 81.2 Å². The minimum Gasteiger partial charge on any atom is -0.467 e. The van der Waals surface area contributed by atoms with Gasteiger partial charge < -0.3 is 4.74 Å². The van der Waals surface area contributed by atoms with Crippen LogP contribution in [-0.2, 0) is 10.0 Å². The molecule has 3 rings (SSSR count). The first-order valence-corrected chi connectivity index (χ1v) is 8.80. The predicted molar refractivity (Wildman–Crippen MR) is 92.8 cm³/mol. The number of sulfonamides is 1. The normalized spacial score (nSPS) is 11.5. The van der Waals surface area contributed by atoms with Crippen molar-refractivity contribution < 1.29 is 13.2 Å². The molecule has 6 nitrogen and oxygen atoms in total. The monoisotopic (exact) mass is 343 g/mol. The number of methoxy groups -OCH3 is 1. The van der Waals surface area contributed by atoms with Crippen molar-refractivity contribution in [3.05, 3.63) is 53.9 Å². The highest BCUT2D eigenvalue weighted by atomic mass is 32.2. The smallest absolute Gasteiger partial charge is 0.316 e. The van der Waals surface area contributed by atoms with Crippen LogP contribution in [0.3, 0.4) is 0 Å². The summed E-state index contributed by atoms with van der Waals surface area (Å²) in [5.41, 5.74) is 1.37. The SMILES string of the molecule is COc1nc(C)c(NS(=O)(=O)c2ccc3ccccc3c2)c(C)n1. The number of hydrogen-bond donors (Lipinski definition) is 1. The summed E-state index contributed by atoms with van der Waals surface area (Å²) in [6, 6.07) is 12.8. The first-order valence-electron chi connectivity index (χ1n) is 7.31. The minimum atomic E-state index is -3.74. The molecule has 0 aliphatic heterocycles. The second kappa shape index (κ2) is 6.09. The third kappa shape index (κ3) is 3.03. The van der Waals surface area contributed by atoms with Crippen molar-refractivity contribution in [2.45, 2.75) is 18.7 Å². The van der Waals surface area contributed by atoms with Crippen LogP contribution in [0.4, 0.5) is 5.69 Å². The van der Waals surface area contributed by atoms with Gasteiger partial charge >= 0.3 is 6.01 Å². The fourth-order valence-electron chi connectivity index (χ4n) is 2.45. The third-order valence-corrected chi connectivity index (χ3v) is 5.05. The van der Waals surface area contributed by atoms with E-state index in [4.69, 9.17) is 4.74 Å². The molecule has 124 valence electrons. The molecule has 0 aliphatic carbocycles. The van der Waals surface area contributed by atoms with Crippen molar-refractivity contribution in [2.24, 2.45) is 0 Å². The summed E-state index contributed by atoms with van der Waals surface area (Å²) in [6.45, 7) is 3.41. The maximum Gasteiger partial charge on any atom is 0.316 e. The average molecular weight is 343 g/mol. The molecule has 24 heavy (non-hydrogen) atoms. The lowest BCUT2D eigenvalue weighted by Gasteiger charge is -2.13. The van der Waals surface area contributed by atoms with Gasteiger partial charge in [-0.15, -0.1) is 0 Å². The molecule has 1 heterocycles. The van der Waals surface area contributed by atoms with E-state index in [1.807, 2.05) is 24.3 Å². The maximum absolute atomic E-state index is 12.7. The Labute approximate surface area is 140 Å². The lowest BCUT2D eigenvalue weighted by molar-refractivity contribution is 0.378. The summed E-state index contributed by atoms with van der Waals surface area (Å²) < 4.78 is 33.0. The molecule has 0 aliphatic rings. The number of nitrogens with zero attached hydrogens (tertiary/aromatic N) is 2. The van der Waals surface area contributed by atoms with E-state index in [9.17, 15) is 8.42 Å². The minimum absolute atomic E-state index is 0.191. The predicted octanol–water partition coefficient (Wildman–Crippen LogP) is 3.06. The van der Waals surface area contributed by atoms with Crippen LogP contribution in [0.15, 0.2) is 47.4 Å². The van der Waals surface area contributed by atoms with E-state index in [-0.39, 0.29) is 10.9 Å². The number of anilines is 1. The van der Waals surface area contributed by atoms with Gasteiger partial charge in [0.15, 0.2) is 0 Å². The van der Waals surface area contributed by atoms with Gasteiger partial charge in [-0.1, -0.05) is 30.3 Å². The Hall–Kier alpha value is -2.67. The van der Waals surface area contributed by atoms with Crippen molar-refractivity contribution in [1.82, 2.24) is 9.97 Å². The lowest BCUT2D eigenvalue weighted by atomic mass is 10.1. The molecular formula is C17H17N3O3S. The van der Waals surface area contributed by atoms with Crippen LogP contribution in [0.1, 0.15) is 11.4 Å². The highest BCUT2D eigenvalue weighted by Gasteiger charge is 2.19. The van der Waals surface area contributed by atoms with Gasteiger partial charge in [0.2, 0.25) is 0 Å². The molecule has 1 aromatic heterocycles. The Morgan fingerprint density at radius 2 is 1.58 bits per heavy atom. The van der Waals surface area contributed by atoms with E-state index in [1.54, 1.807) is 32.0 Å². The maximum atomic E-state index is 12.7. The number of aryl methyl sites for hydroxylation is 2. The van der Waals surface area contributed by atoms with Gasteiger partial charge in [0.1, 0.15) is 0 Å². The van der Waals surface area contributed by atoms with Gasteiger partial charge in [-0.2, -0.15) is 9.97 Å². The molecule has 7 heteroatoms. The summed E-state index contributed by atoms with van der Waals surface area (Å²) in [5, 5.41) is 1.84. The number of fused-ring (bicyclic) bond motifs is 1. The van der Waals surface area contributed by atoms with Crippen LogP contribution >= 0.6 is 0 Å². The van der Waals surface area contributed by atoms with E-state index >= 15 is 0 Å². The van der Waals surface area contributed by atoms with Gasteiger partial charge in [0, 0.05) is 0 Å². The summed E-state index contributed by atoms with van der Waals surface area (Å²) >= 11 is 0. The fraction of sp³-hybridized carbons (Fsp3) is 0.176. The van der Waals surface area contributed by atoms with Crippen LogP contribution in [0.25, 0.3) is 10.8 Å². The Bertz CT molecular complexity index is 994. The second-order valence-electron chi connectivity index (χ2n) is 5.37. The zero-order valence-corrected chi connectivity index (χ0v) is 14.4. The van der Waals surface area contributed by atoms with Crippen LogP contribution in [0.5, 0.6) is 6.01 Å². The second-order valence-corrected chi connectivity index (χ2v) is 7.05. The fourth-order valence-corrected chi connectivity index (χ4v) is 3.66. The number of ether oxygens (including phenoxy) is 1. The zero-order chi connectivity index (χ0) is 17.3. The number of rotatable bonds is 4. The lowest BCUT2D eigenvalue weighted by Crippen LogP contribution is -2.16. The zero-order valence-electron chi connectivity index (χ0n) is 13.6. The number of aromatic nitrogens is 2. The van der Waals surface area contributed by atoms with Crippen molar-refractivity contribution in [1.29, 1.82) is 0 Å². The number of nitrogens with one attached hydrogen (secondary N) is 1. The van der Waals surface area contributed by atoms with Gasteiger partial charge in [0.25, 0.3) is 10.0 Å². The standard InChI is InChI=1S/C17H17N3O3S/c1-11-16(12(2)19-17(18-11)23-3)20-24(21,22)15-9-8-13-6-4-5-7-14(13)10-15/h4-10,20H,1-3H3. The highest BCUT2D eigenvalue weighted by molar-refractivity contribution is 7.92. The Morgan fingerprint density at radius 3 is 2.21 bits per heavy atom. The van der Waals surface area contributed by atoms with Gasteiger partial charge in [-0.25, -0.2) is 8.42 Å². The van der Waals surface area contributed by atoms with E-state index in [0.29, 0.717) is 17.1 Å². The molecule has 0 saturated heterocycles. The number of benzene rings is 2. The molecular weight excluding hydrogens is 326 g/mol. The van der Waals surface area contributed by atoms with E-state index in [0.717, 1.165) is 10.8 Å². The van der Waals surface area contributed by atoms with Crippen LogP contribution in [0.2, 0.25) is 0 Å². The quantitative estimate of drug-likeness (QED) is 0.787. The van der Waals surface area contributed by atoms with Crippen molar-refractivity contribution in [3.63, 3.8) is 0 Å². The summed E-state index contributed by atoms with van der Waals surface area (Å²) in [6.07, 6.45) is 0. The van der Waals surface area contributed by atoms with Crippen molar-refractivity contribution in [3.8, 4) is 6.01 Å². The molecule has 0 amide bonds. The highest BCUT2D eigenvalue weighted by Crippen LogP contribution is 2.25. The Morgan fingerprint density at radius 1 is 0.958 bits per heavy atom. The summed E-state index contributed by atoms with van der Waals surface area (Å²) in [5.74, 6) is 0. The van der Waals surface area contributed by atoms with Gasteiger partial charge in [-0.3, -0.25) is 4.72 Å². The van der Waals surface area contributed by atoms with E-state index < -0.39 is 10.0 Å². The molecule has 0 unspecified atom stereocenters. The van der Waals surface area contributed by atoms with Crippen molar-refractivity contribution >= 4 is 26.5 Å². The first-order chi connectivity index (χ1) is 11.4. The molecule has 0 fully saturated rings. The molecule has 0 atom stereocenters. The Kier molecular flexibility index (Phi) is 4.11. The van der Waals surface area contributed by atoms with Crippen molar-refractivity contribution in [2.75, 3.05) is 11.8 Å². The molecule has 0 saturated carbocycles. The summed E-state index contributed by atoms with van der Waals surface area (Å²) in [7, 11) is -2.27. The molecule has 0 spiro atoms. The van der Waals surface area contributed by atoms with E-state index in [2.05, 4.69) is 14.7 Å². The van der Waals surface area contributed by atoms with Gasteiger partial charge in [-0.05, 0) is 36.8 Å². The third-order valence-electron chi connectivity index (χ3n) is 3.70. The number of hydrogen-bond acceptors (Lipinski definition) is 5. The largest absolute Gasteiger partial charge is 0.467 e. The Balaban J connectivity index is 2.02. The molecule has 2 aromatic carbocycles. The van der Waals surface area contributed by atoms with Crippen LogP contribution in [0, 0.1) is 13.8 Å². The molecule has 0 radical (unpaired) electrons. The molecule has 3 aromatic rings.